The molecule has 0 bridgehead atoms. The standard InChI is InChI=1S/C17H25N5O.ClH/c1-12(2)14-8-4-5-9-15(14)22-13(3)20-16(21-22)17(23)19-11-7-6-10-18;/h4-5,8-9,12H,6-7,10-11,18H2,1-3H3,(H,19,23);1H. The Morgan fingerprint density at radius 3 is 2.67 bits per heavy atom. The number of benzene rings is 1. The minimum atomic E-state index is -0.245. The van der Waals surface area contributed by atoms with Gasteiger partial charge in [0.2, 0.25) is 5.82 Å². The molecular weight excluding hydrogens is 326 g/mol. The van der Waals surface area contributed by atoms with Crippen molar-refractivity contribution in [1.29, 1.82) is 0 Å². The van der Waals surface area contributed by atoms with Gasteiger partial charge >= 0.3 is 0 Å². The Bertz CT molecular complexity index is 669. The normalized spacial score (nSPS) is 10.5. The predicted octanol–water partition coefficient (Wildman–Crippen LogP) is 2.59. The first-order chi connectivity index (χ1) is 11.0. The fourth-order valence-electron chi connectivity index (χ4n) is 2.43. The molecule has 24 heavy (non-hydrogen) atoms. The number of unbranched alkanes of at least 4 members (excludes halogenated alkanes) is 1. The van der Waals surface area contributed by atoms with Crippen LogP contribution in [0.2, 0.25) is 0 Å². The molecule has 0 aliphatic carbocycles. The molecule has 132 valence electrons. The molecule has 0 atom stereocenters. The number of para-hydroxylation sites is 1. The SMILES string of the molecule is Cc1nc(C(=O)NCCCCN)nn1-c1ccccc1C(C)C.Cl. The highest BCUT2D eigenvalue weighted by Crippen LogP contribution is 2.23. The number of carbonyl (C=O) groups is 1. The van der Waals surface area contributed by atoms with Crippen LogP contribution in [0.25, 0.3) is 5.69 Å². The second-order valence-corrected chi connectivity index (χ2v) is 5.86. The van der Waals surface area contributed by atoms with Crippen LogP contribution in [0, 0.1) is 6.92 Å². The third-order valence-corrected chi connectivity index (χ3v) is 3.68. The average molecular weight is 352 g/mol. The van der Waals surface area contributed by atoms with Gasteiger partial charge in [-0.15, -0.1) is 17.5 Å². The molecule has 7 heteroatoms. The molecule has 2 aromatic rings. The van der Waals surface area contributed by atoms with Crippen molar-refractivity contribution >= 4 is 18.3 Å². The number of carbonyl (C=O) groups excluding carboxylic acids is 1. The van der Waals surface area contributed by atoms with Gasteiger partial charge in [0.15, 0.2) is 0 Å². The first kappa shape index (κ1) is 20.1. The van der Waals surface area contributed by atoms with Crippen LogP contribution in [0.15, 0.2) is 24.3 Å². The van der Waals surface area contributed by atoms with Gasteiger partial charge in [-0.05, 0) is 43.9 Å². The Labute approximate surface area is 149 Å². The molecule has 1 aromatic carbocycles. The van der Waals surface area contributed by atoms with Crippen molar-refractivity contribution in [2.75, 3.05) is 13.1 Å². The van der Waals surface area contributed by atoms with Crippen LogP contribution in [0.1, 0.15) is 54.6 Å². The van der Waals surface area contributed by atoms with Gasteiger partial charge in [-0.2, -0.15) is 0 Å². The summed E-state index contributed by atoms with van der Waals surface area (Å²) in [6, 6.07) is 8.05. The molecule has 2 rings (SSSR count). The quantitative estimate of drug-likeness (QED) is 0.751. The van der Waals surface area contributed by atoms with Gasteiger partial charge in [-0.1, -0.05) is 32.0 Å². The monoisotopic (exact) mass is 351 g/mol. The van der Waals surface area contributed by atoms with Gasteiger partial charge < -0.3 is 11.1 Å². The number of hydrogen-bond acceptors (Lipinski definition) is 4. The van der Waals surface area contributed by atoms with Crippen LogP contribution < -0.4 is 11.1 Å². The Morgan fingerprint density at radius 1 is 1.29 bits per heavy atom. The van der Waals surface area contributed by atoms with Crippen molar-refractivity contribution in [3.63, 3.8) is 0 Å². The second-order valence-electron chi connectivity index (χ2n) is 5.86. The van der Waals surface area contributed by atoms with Gasteiger partial charge in [-0.25, -0.2) is 9.67 Å². The lowest BCUT2D eigenvalue weighted by Gasteiger charge is -2.12. The molecule has 6 nitrogen and oxygen atoms in total. The number of aromatic nitrogens is 3. The van der Waals surface area contributed by atoms with E-state index < -0.39 is 0 Å². The largest absolute Gasteiger partial charge is 0.349 e. The van der Waals surface area contributed by atoms with Gasteiger partial charge in [0, 0.05) is 6.54 Å². The summed E-state index contributed by atoms with van der Waals surface area (Å²) in [5.74, 6) is 1.02. The summed E-state index contributed by atoms with van der Waals surface area (Å²) in [7, 11) is 0. The van der Waals surface area contributed by atoms with E-state index >= 15 is 0 Å². The molecule has 0 radical (unpaired) electrons. The molecule has 3 N–H and O–H groups in total. The van der Waals surface area contributed by atoms with Gasteiger partial charge in [0.1, 0.15) is 5.82 Å². The number of halogens is 1. The molecule has 1 amide bonds. The number of nitrogens with two attached hydrogens (primary N) is 1. The zero-order valence-electron chi connectivity index (χ0n) is 14.5. The van der Waals surface area contributed by atoms with Gasteiger partial charge in [0.05, 0.1) is 5.69 Å². The van der Waals surface area contributed by atoms with Crippen molar-refractivity contribution in [3.8, 4) is 5.69 Å². The summed E-state index contributed by atoms with van der Waals surface area (Å²) in [5, 5.41) is 7.22. The van der Waals surface area contributed by atoms with Gasteiger partial charge in [0.25, 0.3) is 5.91 Å². The molecule has 0 saturated heterocycles. The smallest absolute Gasteiger partial charge is 0.290 e. The Kier molecular flexibility index (Phi) is 7.88. The Balaban J connectivity index is 0.00000288. The van der Waals surface area contributed by atoms with E-state index in [1.807, 2.05) is 25.1 Å². The number of aryl methyl sites for hydroxylation is 1. The van der Waals surface area contributed by atoms with Crippen molar-refractivity contribution in [2.24, 2.45) is 5.73 Å². The maximum Gasteiger partial charge on any atom is 0.290 e. The van der Waals surface area contributed by atoms with Crippen LogP contribution in [0.3, 0.4) is 0 Å². The molecule has 0 saturated carbocycles. The molecule has 0 spiro atoms. The van der Waals surface area contributed by atoms with E-state index in [9.17, 15) is 4.79 Å². The van der Waals surface area contributed by atoms with Crippen molar-refractivity contribution < 1.29 is 4.79 Å². The topological polar surface area (TPSA) is 85.8 Å². The highest BCUT2D eigenvalue weighted by atomic mass is 35.5. The Morgan fingerprint density at radius 2 is 2.00 bits per heavy atom. The highest BCUT2D eigenvalue weighted by molar-refractivity contribution is 5.90. The van der Waals surface area contributed by atoms with Crippen LogP contribution in [0.5, 0.6) is 0 Å². The lowest BCUT2D eigenvalue weighted by atomic mass is 10.0. The molecule has 0 aliphatic heterocycles. The number of hydrogen-bond donors (Lipinski definition) is 2. The van der Waals surface area contributed by atoms with Crippen LogP contribution in [-0.2, 0) is 0 Å². The first-order valence-electron chi connectivity index (χ1n) is 8.05. The molecule has 0 unspecified atom stereocenters. The average Bonchev–Trinajstić information content (AvgIpc) is 2.93. The molecule has 0 aliphatic rings. The minimum absolute atomic E-state index is 0. The van der Waals surface area contributed by atoms with E-state index in [0.717, 1.165) is 18.5 Å². The van der Waals surface area contributed by atoms with E-state index in [1.54, 1.807) is 4.68 Å². The molecular formula is C17H26ClN5O. The molecule has 0 fully saturated rings. The summed E-state index contributed by atoms with van der Waals surface area (Å²) in [5.41, 5.74) is 7.59. The Hall–Kier alpha value is -1.92. The third-order valence-electron chi connectivity index (χ3n) is 3.68. The van der Waals surface area contributed by atoms with Crippen LogP contribution in [0.4, 0.5) is 0 Å². The molecule has 1 aromatic heterocycles. The number of amides is 1. The van der Waals surface area contributed by atoms with Crippen molar-refractivity contribution in [1.82, 2.24) is 20.1 Å². The van der Waals surface area contributed by atoms with Crippen LogP contribution >= 0.6 is 12.4 Å². The minimum Gasteiger partial charge on any atom is -0.349 e. The van der Waals surface area contributed by atoms with E-state index in [-0.39, 0.29) is 24.1 Å². The summed E-state index contributed by atoms with van der Waals surface area (Å²) < 4.78 is 1.74. The number of nitrogens with one attached hydrogen (secondary N) is 1. The second kappa shape index (κ2) is 9.39. The lowest BCUT2D eigenvalue weighted by molar-refractivity contribution is 0.0942. The fourth-order valence-corrected chi connectivity index (χ4v) is 2.43. The summed E-state index contributed by atoms with van der Waals surface area (Å²) in [4.78, 5) is 16.4. The highest BCUT2D eigenvalue weighted by Gasteiger charge is 2.17. The van der Waals surface area contributed by atoms with E-state index in [2.05, 4.69) is 35.3 Å². The van der Waals surface area contributed by atoms with E-state index in [4.69, 9.17) is 5.73 Å². The predicted molar refractivity (Wildman–Crippen MR) is 98.1 cm³/mol. The lowest BCUT2D eigenvalue weighted by Crippen LogP contribution is -2.26. The van der Waals surface area contributed by atoms with E-state index in [1.165, 1.54) is 5.56 Å². The summed E-state index contributed by atoms with van der Waals surface area (Å²) >= 11 is 0. The third kappa shape index (κ3) is 4.79. The zero-order chi connectivity index (χ0) is 16.8. The summed E-state index contributed by atoms with van der Waals surface area (Å²) in [6.07, 6.45) is 1.75. The fraction of sp³-hybridized carbons (Fsp3) is 0.471. The van der Waals surface area contributed by atoms with Crippen LogP contribution in [-0.4, -0.2) is 33.8 Å². The first-order valence-corrected chi connectivity index (χ1v) is 8.05. The summed E-state index contributed by atoms with van der Waals surface area (Å²) in [6.45, 7) is 7.35. The van der Waals surface area contributed by atoms with Gasteiger partial charge in [-0.3, -0.25) is 4.79 Å². The van der Waals surface area contributed by atoms with E-state index in [0.29, 0.717) is 24.8 Å². The number of nitrogens with zero attached hydrogens (tertiary/aromatic N) is 3. The number of rotatable bonds is 7. The zero-order valence-corrected chi connectivity index (χ0v) is 15.3. The maximum atomic E-state index is 12.1. The van der Waals surface area contributed by atoms with Crippen molar-refractivity contribution in [2.45, 2.75) is 39.5 Å². The maximum absolute atomic E-state index is 12.1. The molecule has 1 heterocycles. The van der Waals surface area contributed by atoms with Crippen molar-refractivity contribution in [3.05, 3.63) is 41.5 Å².